The third-order valence-corrected chi connectivity index (χ3v) is 5.42. The third kappa shape index (κ3) is 3.70. The summed E-state index contributed by atoms with van der Waals surface area (Å²) in [7, 11) is 1.72. The Hall–Kier alpha value is -1.90. The molecule has 2 amide bonds. The van der Waals surface area contributed by atoms with Crippen molar-refractivity contribution in [3.05, 3.63) is 33.5 Å². The predicted octanol–water partition coefficient (Wildman–Crippen LogP) is 1.94. The Balaban J connectivity index is 0.00000225. The number of likely N-dealkylation sites (N-methyl/N-ethyl adjacent to an activating group) is 1. The largest absolute Gasteiger partial charge is 0.365 e. The number of carbonyl (C=O) groups excluding carboxylic acids is 2. The number of halogens is 1. The zero-order chi connectivity index (χ0) is 17.4. The molecule has 0 unspecified atom stereocenters. The van der Waals surface area contributed by atoms with E-state index in [0.29, 0.717) is 16.3 Å². The Kier molecular flexibility index (Phi) is 5.87. The fourth-order valence-electron chi connectivity index (χ4n) is 3.07. The second kappa shape index (κ2) is 7.55. The Morgan fingerprint density at radius 1 is 1.44 bits per heavy atom. The summed E-state index contributed by atoms with van der Waals surface area (Å²) in [5.41, 5.74) is 8.23. The summed E-state index contributed by atoms with van der Waals surface area (Å²) < 4.78 is 1.53. The zero-order valence-corrected chi connectivity index (χ0v) is 16.1. The van der Waals surface area contributed by atoms with Crippen LogP contribution in [0.4, 0.5) is 5.00 Å². The third-order valence-electron chi connectivity index (χ3n) is 4.29. The van der Waals surface area contributed by atoms with Crippen molar-refractivity contribution in [3.8, 4) is 0 Å². The number of aromatic nitrogens is 2. The lowest BCUT2D eigenvalue weighted by Crippen LogP contribution is -2.30. The van der Waals surface area contributed by atoms with Crippen LogP contribution in [0.2, 0.25) is 0 Å². The minimum Gasteiger partial charge on any atom is -0.365 e. The van der Waals surface area contributed by atoms with Crippen LogP contribution in [0.1, 0.15) is 43.9 Å². The van der Waals surface area contributed by atoms with E-state index in [-0.39, 0.29) is 18.3 Å². The maximum atomic E-state index is 12.5. The first-order valence-corrected chi connectivity index (χ1v) is 8.71. The number of primary amides is 1. The maximum Gasteiger partial charge on any atom is 0.274 e. The first kappa shape index (κ1) is 19.4. The van der Waals surface area contributed by atoms with Crippen molar-refractivity contribution in [2.24, 2.45) is 12.8 Å². The molecule has 0 saturated heterocycles. The van der Waals surface area contributed by atoms with E-state index in [9.17, 15) is 9.59 Å². The van der Waals surface area contributed by atoms with E-state index in [1.807, 2.05) is 6.92 Å². The number of hydrogen-bond acceptors (Lipinski definition) is 5. The Bertz CT molecular complexity index is 814. The lowest BCUT2D eigenvalue weighted by molar-refractivity contribution is 0.1000. The quantitative estimate of drug-likeness (QED) is 0.843. The van der Waals surface area contributed by atoms with Gasteiger partial charge in [0.2, 0.25) is 0 Å². The lowest BCUT2D eigenvalue weighted by atomic mass is 10.0. The summed E-state index contributed by atoms with van der Waals surface area (Å²) in [5.74, 6) is -0.777. The first-order valence-electron chi connectivity index (χ1n) is 7.89. The molecule has 2 aromatic rings. The van der Waals surface area contributed by atoms with Crippen molar-refractivity contribution in [2.75, 3.05) is 18.4 Å². The van der Waals surface area contributed by atoms with Crippen LogP contribution in [-0.4, -0.2) is 39.6 Å². The van der Waals surface area contributed by atoms with Crippen LogP contribution in [0, 0.1) is 6.92 Å². The number of thiophene rings is 1. The fourth-order valence-corrected chi connectivity index (χ4v) is 4.36. The topological polar surface area (TPSA) is 93.2 Å². The fraction of sp³-hybridized carbons (Fsp3) is 0.438. The monoisotopic (exact) mass is 383 g/mol. The zero-order valence-electron chi connectivity index (χ0n) is 14.5. The van der Waals surface area contributed by atoms with Gasteiger partial charge < -0.3 is 11.1 Å². The van der Waals surface area contributed by atoms with Crippen LogP contribution >= 0.6 is 23.7 Å². The van der Waals surface area contributed by atoms with Crippen molar-refractivity contribution in [3.63, 3.8) is 0 Å². The number of nitrogens with two attached hydrogens (primary N) is 1. The van der Waals surface area contributed by atoms with Gasteiger partial charge in [0.15, 0.2) is 0 Å². The van der Waals surface area contributed by atoms with Crippen molar-refractivity contribution in [2.45, 2.75) is 26.8 Å². The van der Waals surface area contributed by atoms with Crippen molar-refractivity contribution < 1.29 is 9.59 Å². The molecule has 3 heterocycles. The van der Waals surface area contributed by atoms with Crippen LogP contribution in [0.3, 0.4) is 0 Å². The highest BCUT2D eigenvalue weighted by molar-refractivity contribution is 7.17. The molecule has 2 aromatic heterocycles. The standard InChI is InChI=1S/C16H21N5O2S.ClH/c1-4-21-6-5-10-12(8-21)24-16(13(10)14(17)22)18-15(23)11-7-9(2)19-20(11)3;/h7H,4-6,8H2,1-3H3,(H2,17,22)(H,18,23);1H. The molecule has 0 spiro atoms. The molecule has 0 bridgehead atoms. The van der Waals surface area contributed by atoms with Gasteiger partial charge in [-0.05, 0) is 31.5 Å². The molecule has 0 saturated carbocycles. The molecule has 1 aliphatic rings. The highest BCUT2D eigenvalue weighted by Gasteiger charge is 2.27. The van der Waals surface area contributed by atoms with E-state index in [2.05, 4.69) is 22.2 Å². The van der Waals surface area contributed by atoms with Gasteiger partial charge >= 0.3 is 0 Å². The van der Waals surface area contributed by atoms with E-state index in [0.717, 1.165) is 42.2 Å². The minimum atomic E-state index is -0.492. The van der Waals surface area contributed by atoms with Gasteiger partial charge in [0.25, 0.3) is 11.8 Å². The number of amides is 2. The van der Waals surface area contributed by atoms with Crippen LogP contribution in [0.15, 0.2) is 6.07 Å². The second-order valence-corrected chi connectivity index (χ2v) is 7.04. The molecule has 136 valence electrons. The first-order chi connectivity index (χ1) is 11.4. The molecule has 3 N–H and O–H groups in total. The Morgan fingerprint density at radius 2 is 2.16 bits per heavy atom. The Labute approximate surface area is 156 Å². The minimum absolute atomic E-state index is 0. The second-order valence-electron chi connectivity index (χ2n) is 5.94. The van der Waals surface area contributed by atoms with Gasteiger partial charge in [-0.1, -0.05) is 6.92 Å². The number of nitrogens with zero attached hydrogens (tertiary/aromatic N) is 3. The van der Waals surface area contributed by atoms with E-state index in [4.69, 9.17) is 5.73 Å². The summed E-state index contributed by atoms with van der Waals surface area (Å²) in [6, 6.07) is 1.71. The van der Waals surface area contributed by atoms with Gasteiger partial charge in [-0.2, -0.15) is 5.10 Å². The van der Waals surface area contributed by atoms with Gasteiger partial charge in [-0.25, -0.2) is 0 Å². The molecule has 0 aromatic carbocycles. The molecule has 1 aliphatic heterocycles. The summed E-state index contributed by atoms with van der Waals surface area (Å²) in [6.07, 6.45) is 0.776. The summed E-state index contributed by atoms with van der Waals surface area (Å²) in [4.78, 5) is 27.9. The predicted molar refractivity (Wildman–Crippen MR) is 101 cm³/mol. The molecule has 3 rings (SSSR count). The molecule has 0 aliphatic carbocycles. The highest BCUT2D eigenvalue weighted by Crippen LogP contribution is 2.37. The average molecular weight is 384 g/mol. The number of aryl methyl sites for hydroxylation is 2. The molecular formula is C16H22ClN5O2S. The van der Waals surface area contributed by atoms with E-state index < -0.39 is 5.91 Å². The Morgan fingerprint density at radius 3 is 2.72 bits per heavy atom. The van der Waals surface area contributed by atoms with Gasteiger partial charge in [0.1, 0.15) is 10.7 Å². The molecule has 0 atom stereocenters. The highest BCUT2D eigenvalue weighted by atomic mass is 35.5. The SMILES string of the molecule is CCN1CCc2c(sc(NC(=O)c3cc(C)nn3C)c2C(N)=O)C1.Cl. The average Bonchev–Trinajstić information content (AvgIpc) is 3.05. The van der Waals surface area contributed by atoms with Gasteiger partial charge in [0, 0.05) is 25.0 Å². The smallest absolute Gasteiger partial charge is 0.274 e. The van der Waals surface area contributed by atoms with Crippen molar-refractivity contribution in [1.82, 2.24) is 14.7 Å². The number of anilines is 1. The summed E-state index contributed by atoms with van der Waals surface area (Å²) in [6.45, 7) is 6.58. The van der Waals surface area contributed by atoms with Crippen LogP contribution in [0.25, 0.3) is 0 Å². The molecule has 9 heteroatoms. The van der Waals surface area contributed by atoms with Crippen molar-refractivity contribution in [1.29, 1.82) is 0 Å². The van der Waals surface area contributed by atoms with Crippen LogP contribution in [-0.2, 0) is 20.0 Å². The van der Waals surface area contributed by atoms with E-state index >= 15 is 0 Å². The lowest BCUT2D eigenvalue weighted by Gasteiger charge is -2.25. The number of carbonyl (C=O) groups is 2. The van der Waals surface area contributed by atoms with Gasteiger partial charge in [-0.15, -0.1) is 23.7 Å². The number of nitrogens with one attached hydrogen (secondary N) is 1. The van der Waals surface area contributed by atoms with Crippen molar-refractivity contribution >= 4 is 40.6 Å². The molecule has 7 nitrogen and oxygen atoms in total. The summed E-state index contributed by atoms with van der Waals surface area (Å²) in [5, 5.41) is 7.57. The number of rotatable bonds is 4. The van der Waals surface area contributed by atoms with Gasteiger partial charge in [-0.3, -0.25) is 19.2 Å². The molecule has 0 fully saturated rings. The molecule has 25 heavy (non-hydrogen) atoms. The van der Waals surface area contributed by atoms with E-state index in [1.165, 1.54) is 16.0 Å². The number of hydrogen-bond donors (Lipinski definition) is 2. The molecule has 0 radical (unpaired) electrons. The van der Waals surface area contributed by atoms with Crippen LogP contribution in [0.5, 0.6) is 0 Å². The van der Waals surface area contributed by atoms with E-state index in [1.54, 1.807) is 13.1 Å². The maximum absolute atomic E-state index is 12.5. The van der Waals surface area contributed by atoms with Crippen LogP contribution < -0.4 is 11.1 Å². The van der Waals surface area contributed by atoms with Gasteiger partial charge in [0.05, 0.1) is 11.3 Å². The number of fused-ring (bicyclic) bond motifs is 1. The molecular weight excluding hydrogens is 362 g/mol. The summed E-state index contributed by atoms with van der Waals surface area (Å²) >= 11 is 1.44. The normalized spacial score (nSPS) is 13.9.